The molecule has 2 aliphatic heterocycles. The third-order valence-corrected chi connectivity index (χ3v) is 8.23. The highest BCUT2D eigenvalue weighted by molar-refractivity contribution is 6.31. The first-order valence-electron chi connectivity index (χ1n) is 14.4. The Hall–Kier alpha value is -5.30. The minimum absolute atomic E-state index is 0.00793. The van der Waals surface area contributed by atoms with E-state index in [0.29, 0.717) is 28.8 Å². The number of benzene rings is 3. The van der Waals surface area contributed by atoms with Crippen LogP contribution < -0.4 is 16.0 Å². The van der Waals surface area contributed by atoms with Crippen LogP contribution in [0.15, 0.2) is 66.9 Å². The van der Waals surface area contributed by atoms with Crippen molar-refractivity contribution in [1.29, 1.82) is 0 Å². The molecule has 3 heterocycles. The Balaban J connectivity index is 1.30. The van der Waals surface area contributed by atoms with Crippen LogP contribution >= 0.6 is 11.6 Å². The van der Waals surface area contributed by atoms with Crippen molar-refractivity contribution in [3.8, 4) is 0 Å². The molecule has 0 unspecified atom stereocenters. The molecule has 3 N–H and O–H groups in total. The Morgan fingerprint density at radius 2 is 1.89 bits per heavy atom. The standard InChI is InChI=1S/C32H28ClFN6O6/c1-45-30(43)37-19-9-7-18(8-10-19)28(41)38-25(15-20-16-35-22-5-2-3-6-23(22)36-20)29(42)40-14-4-13-32(17-40)26-24(39-31(44)46-32)12-11-21(33)27(26)34/h2-3,5-12,16,25H,4,13-15,17H2,1H3,(H,37,43)(H,38,41)(H,39,44)/t25-,32-/m0/s1. The van der Waals surface area contributed by atoms with Crippen LogP contribution in [0.5, 0.6) is 0 Å². The summed E-state index contributed by atoms with van der Waals surface area (Å²) in [5, 5.41) is 7.69. The van der Waals surface area contributed by atoms with Gasteiger partial charge in [-0.15, -0.1) is 0 Å². The van der Waals surface area contributed by atoms with Crippen LogP contribution in [0.1, 0.15) is 34.5 Å². The normalized spacial score (nSPS) is 17.8. The molecule has 1 fully saturated rings. The number of amides is 4. The van der Waals surface area contributed by atoms with E-state index in [0.717, 1.165) is 0 Å². The van der Waals surface area contributed by atoms with Crippen molar-refractivity contribution < 1.29 is 33.0 Å². The van der Waals surface area contributed by atoms with Crippen LogP contribution in [0, 0.1) is 5.82 Å². The van der Waals surface area contributed by atoms with E-state index >= 15 is 4.39 Å². The number of hydrogen-bond acceptors (Lipinski definition) is 8. The summed E-state index contributed by atoms with van der Waals surface area (Å²) in [6.07, 6.45) is 0.740. The fourth-order valence-corrected chi connectivity index (χ4v) is 5.96. The van der Waals surface area contributed by atoms with Gasteiger partial charge >= 0.3 is 12.2 Å². The predicted octanol–water partition coefficient (Wildman–Crippen LogP) is 5.02. The molecule has 1 saturated heterocycles. The number of ether oxygens (including phenoxy) is 2. The Morgan fingerprint density at radius 1 is 1.13 bits per heavy atom. The molecule has 14 heteroatoms. The predicted molar refractivity (Wildman–Crippen MR) is 166 cm³/mol. The second kappa shape index (κ2) is 12.6. The molecule has 236 valence electrons. The number of aromatic nitrogens is 2. The van der Waals surface area contributed by atoms with E-state index in [1.54, 1.807) is 12.3 Å². The van der Waals surface area contributed by atoms with E-state index in [-0.39, 0.29) is 47.8 Å². The number of rotatable bonds is 6. The lowest BCUT2D eigenvalue weighted by molar-refractivity contribution is -0.141. The van der Waals surface area contributed by atoms with Gasteiger partial charge in [0.2, 0.25) is 5.91 Å². The Bertz CT molecular complexity index is 1860. The van der Waals surface area contributed by atoms with Gasteiger partial charge in [-0.1, -0.05) is 23.7 Å². The molecule has 4 aromatic rings. The van der Waals surface area contributed by atoms with Crippen molar-refractivity contribution in [1.82, 2.24) is 20.2 Å². The lowest BCUT2D eigenvalue weighted by atomic mass is 9.82. The third kappa shape index (κ3) is 6.13. The SMILES string of the molecule is COC(=O)Nc1ccc(C(=O)N[C@@H](Cc2cnc3ccccc3n2)C(=O)N2CCC[C@@]3(C2)OC(=O)Nc2ccc(Cl)c(F)c23)cc1. The second-order valence-electron chi connectivity index (χ2n) is 10.9. The Kier molecular flexibility index (Phi) is 8.41. The van der Waals surface area contributed by atoms with E-state index < -0.39 is 41.5 Å². The van der Waals surface area contributed by atoms with E-state index in [1.807, 2.05) is 18.2 Å². The number of carbonyl (C=O) groups excluding carboxylic acids is 4. The average molecular weight is 647 g/mol. The molecule has 4 amide bonds. The summed E-state index contributed by atoms with van der Waals surface area (Å²) in [6, 6.07) is 15.0. The van der Waals surface area contributed by atoms with Gasteiger partial charge in [-0.2, -0.15) is 0 Å². The molecule has 2 atom stereocenters. The molecule has 2 aliphatic rings. The summed E-state index contributed by atoms with van der Waals surface area (Å²) in [5.74, 6) is -1.78. The van der Waals surface area contributed by atoms with Gasteiger partial charge in [0, 0.05) is 30.4 Å². The van der Waals surface area contributed by atoms with Crippen molar-refractivity contribution in [2.45, 2.75) is 30.9 Å². The van der Waals surface area contributed by atoms with E-state index in [9.17, 15) is 19.2 Å². The van der Waals surface area contributed by atoms with Gasteiger partial charge in [-0.05, 0) is 61.4 Å². The van der Waals surface area contributed by atoms with Crippen molar-refractivity contribution in [2.75, 3.05) is 30.8 Å². The average Bonchev–Trinajstić information content (AvgIpc) is 3.05. The van der Waals surface area contributed by atoms with E-state index in [4.69, 9.17) is 16.3 Å². The van der Waals surface area contributed by atoms with Gasteiger partial charge in [0.05, 0.1) is 46.7 Å². The molecule has 12 nitrogen and oxygen atoms in total. The fraction of sp³-hybridized carbons (Fsp3) is 0.250. The highest BCUT2D eigenvalue weighted by Gasteiger charge is 2.49. The number of halogens is 2. The molecule has 1 aromatic heterocycles. The second-order valence-corrected chi connectivity index (χ2v) is 11.3. The van der Waals surface area contributed by atoms with Gasteiger partial charge in [0.1, 0.15) is 6.04 Å². The van der Waals surface area contributed by atoms with Gasteiger partial charge < -0.3 is 19.7 Å². The molecule has 6 rings (SSSR count). The van der Waals surface area contributed by atoms with Gasteiger partial charge in [-0.25, -0.2) is 19.0 Å². The van der Waals surface area contributed by atoms with Crippen molar-refractivity contribution >= 4 is 58.0 Å². The molecule has 46 heavy (non-hydrogen) atoms. The third-order valence-electron chi connectivity index (χ3n) is 7.94. The molecule has 0 bridgehead atoms. The number of hydrogen-bond donors (Lipinski definition) is 3. The van der Waals surface area contributed by atoms with Gasteiger partial charge in [0.15, 0.2) is 11.4 Å². The quantitative estimate of drug-likeness (QED) is 0.264. The maximum Gasteiger partial charge on any atom is 0.412 e. The summed E-state index contributed by atoms with van der Waals surface area (Å²) in [4.78, 5) is 62.3. The number of likely N-dealkylation sites (tertiary alicyclic amines) is 1. The van der Waals surface area contributed by atoms with Crippen molar-refractivity contribution in [3.63, 3.8) is 0 Å². The van der Waals surface area contributed by atoms with Crippen LogP contribution in [-0.4, -0.2) is 65.1 Å². The number of carbonyl (C=O) groups is 4. The topological polar surface area (TPSA) is 152 Å². The van der Waals surface area contributed by atoms with E-state index in [2.05, 4.69) is 30.7 Å². The zero-order valence-electron chi connectivity index (χ0n) is 24.5. The summed E-state index contributed by atoms with van der Waals surface area (Å²) >= 11 is 6.11. The number of piperidine rings is 1. The first-order valence-corrected chi connectivity index (χ1v) is 14.8. The van der Waals surface area contributed by atoms with Crippen molar-refractivity contribution in [2.24, 2.45) is 0 Å². The number of methoxy groups -OCH3 is 1. The molecule has 0 aliphatic carbocycles. The first-order chi connectivity index (χ1) is 22.2. The number of nitrogens with one attached hydrogen (secondary N) is 3. The maximum absolute atomic E-state index is 15.5. The lowest BCUT2D eigenvalue weighted by Gasteiger charge is -2.45. The van der Waals surface area contributed by atoms with Crippen LogP contribution in [-0.2, 0) is 26.3 Å². The minimum Gasteiger partial charge on any atom is -0.453 e. The molecule has 1 spiro atoms. The van der Waals surface area contributed by atoms with Crippen molar-refractivity contribution in [3.05, 3.63) is 94.5 Å². The maximum atomic E-state index is 15.5. The largest absolute Gasteiger partial charge is 0.453 e. The Morgan fingerprint density at radius 3 is 2.65 bits per heavy atom. The molecule has 0 saturated carbocycles. The summed E-state index contributed by atoms with van der Waals surface area (Å²) < 4.78 is 25.8. The zero-order valence-corrected chi connectivity index (χ0v) is 25.3. The zero-order chi connectivity index (χ0) is 32.4. The summed E-state index contributed by atoms with van der Waals surface area (Å²) in [7, 11) is 1.23. The molecular weight excluding hydrogens is 619 g/mol. The smallest absolute Gasteiger partial charge is 0.412 e. The number of anilines is 2. The van der Waals surface area contributed by atoms with Crippen LogP contribution in [0.3, 0.4) is 0 Å². The summed E-state index contributed by atoms with van der Waals surface area (Å²) in [5.41, 5.74) is 1.18. The van der Waals surface area contributed by atoms with E-state index in [1.165, 1.54) is 48.4 Å². The Labute approximate surface area is 267 Å². The van der Waals surface area contributed by atoms with Gasteiger partial charge in [-0.3, -0.25) is 25.2 Å². The highest BCUT2D eigenvalue weighted by Crippen LogP contribution is 2.45. The van der Waals surface area contributed by atoms with Crippen LogP contribution in [0.4, 0.5) is 25.4 Å². The lowest BCUT2D eigenvalue weighted by Crippen LogP contribution is -2.58. The van der Waals surface area contributed by atoms with Gasteiger partial charge in [0.25, 0.3) is 5.91 Å². The molecule has 0 radical (unpaired) electrons. The molecule has 3 aromatic carbocycles. The summed E-state index contributed by atoms with van der Waals surface area (Å²) in [6.45, 7) is 0.111. The number of para-hydroxylation sites is 2. The molecular formula is C32H28ClFN6O6. The van der Waals surface area contributed by atoms with Crippen LogP contribution in [0.25, 0.3) is 11.0 Å². The minimum atomic E-state index is -1.49. The monoisotopic (exact) mass is 646 g/mol. The number of nitrogens with zero attached hydrogens (tertiary/aromatic N) is 3. The highest BCUT2D eigenvalue weighted by atomic mass is 35.5. The fourth-order valence-electron chi connectivity index (χ4n) is 5.80. The van der Waals surface area contributed by atoms with Crippen LogP contribution in [0.2, 0.25) is 5.02 Å². The first kappa shape index (κ1) is 30.7. The number of fused-ring (bicyclic) bond motifs is 3.